The van der Waals surface area contributed by atoms with E-state index in [1.54, 1.807) is 6.07 Å². The van der Waals surface area contributed by atoms with Crippen molar-refractivity contribution in [2.24, 2.45) is 23.7 Å². The van der Waals surface area contributed by atoms with Crippen LogP contribution in [0.15, 0.2) is 16.6 Å². The number of benzene rings is 1. The maximum atomic E-state index is 13.0. The number of ether oxygens (including phenoxy) is 1. The van der Waals surface area contributed by atoms with Crippen LogP contribution in [0.4, 0.5) is 5.69 Å². The summed E-state index contributed by atoms with van der Waals surface area (Å²) in [6.07, 6.45) is 0.820. The summed E-state index contributed by atoms with van der Waals surface area (Å²) < 4.78 is 6.08. The Bertz CT molecular complexity index is 984. The highest BCUT2D eigenvalue weighted by molar-refractivity contribution is 9.12. The smallest absolute Gasteiger partial charge is 0.329 e. The standard InChI is InChI=1S/C22H23Br3N2O5/c1-8-9(2)14(5-4-13(8)23)26-15(28)7-32-22(31)10(3)27-20(29)16-11-6-12(17(16)21(27)30)19(25)18(11)24/h4-5,10-12,16-19H,6-7H2,1-3H3,(H,26,28)/t10-,11+,12+,16-,17+,18-,19-/m0/s1. The monoisotopic (exact) mass is 632 g/mol. The summed E-state index contributed by atoms with van der Waals surface area (Å²) in [6.45, 7) is 4.78. The molecule has 1 aliphatic heterocycles. The number of carbonyl (C=O) groups excluding carboxylic acids is 4. The number of nitrogens with one attached hydrogen (secondary N) is 1. The third kappa shape index (κ3) is 3.76. The number of carbonyl (C=O) groups is 4. The second-order valence-electron chi connectivity index (χ2n) is 8.73. The Morgan fingerprint density at radius 3 is 2.22 bits per heavy atom. The van der Waals surface area contributed by atoms with E-state index in [2.05, 4.69) is 53.1 Å². The summed E-state index contributed by atoms with van der Waals surface area (Å²) in [6, 6.07) is 2.51. The third-order valence-electron chi connectivity index (χ3n) is 7.09. The van der Waals surface area contributed by atoms with E-state index in [4.69, 9.17) is 4.74 Å². The molecule has 32 heavy (non-hydrogen) atoms. The lowest BCUT2D eigenvalue weighted by atomic mass is 9.81. The summed E-state index contributed by atoms with van der Waals surface area (Å²) in [5.41, 5.74) is 2.52. The molecule has 3 amide bonds. The molecule has 3 fully saturated rings. The first-order valence-corrected chi connectivity index (χ1v) is 13.0. The average molecular weight is 635 g/mol. The summed E-state index contributed by atoms with van der Waals surface area (Å²) in [5, 5.41) is 2.73. The van der Waals surface area contributed by atoms with Gasteiger partial charge in [0.15, 0.2) is 6.61 Å². The van der Waals surface area contributed by atoms with Crippen molar-refractivity contribution in [3.05, 3.63) is 27.7 Å². The van der Waals surface area contributed by atoms with E-state index in [1.165, 1.54) is 6.92 Å². The summed E-state index contributed by atoms with van der Waals surface area (Å²) in [5.74, 6) is -2.54. The molecule has 10 heteroatoms. The zero-order chi connectivity index (χ0) is 23.5. The van der Waals surface area contributed by atoms with Gasteiger partial charge in [-0.2, -0.15) is 0 Å². The highest BCUT2D eigenvalue weighted by Gasteiger charge is 2.67. The van der Waals surface area contributed by atoms with Gasteiger partial charge in [-0.15, -0.1) is 0 Å². The summed E-state index contributed by atoms with van der Waals surface area (Å²) in [4.78, 5) is 52.3. The average Bonchev–Trinajstić information content (AvgIpc) is 3.36. The number of hydrogen-bond acceptors (Lipinski definition) is 5. The molecule has 2 aliphatic carbocycles. The van der Waals surface area contributed by atoms with Gasteiger partial charge in [-0.3, -0.25) is 19.3 Å². The molecule has 0 spiro atoms. The molecule has 1 heterocycles. The van der Waals surface area contributed by atoms with Gasteiger partial charge in [-0.25, -0.2) is 4.79 Å². The first-order chi connectivity index (χ1) is 15.0. The zero-order valence-corrected chi connectivity index (χ0v) is 22.5. The molecule has 172 valence electrons. The van der Waals surface area contributed by atoms with Crippen LogP contribution in [-0.4, -0.2) is 50.9 Å². The predicted octanol–water partition coefficient (Wildman–Crippen LogP) is 3.71. The van der Waals surface area contributed by atoms with Crippen molar-refractivity contribution < 1.29 is 23.9 Å². The molecule has 4 rings (SSSR count). The molecule has 2 saturated carbocycles. The molecule has 2 bridgehead atoms. The molecular weight excluding hydrogens is 612 g/mol. The van der Waals surface area contributed by atoms with Gasteiger partial charge < -0.3 is 10.1 Å². The number of likely N-dealkylation sites (tertiary alicyclic amines) is 1. The molecule has 7 atom stereocenters. The van der Waals surface area contributed by atoms with E-state index in [0.29, 0.717) is 5.69 Å². The van der Waals surface area contributed by atoms with Crippen LogP contribution in [0.25, 0.3) is 0 Å². The fourth-order valence-corrected chi connectivity index (χ4v) is 7.53. The van der Waals surface area contributed by atoms with E-state index in [1.807, 2.05) is 19.9 Å². The van der Waals surface area contributed by atoms with Gasteiger partial charge in [0.05, 0.1) is 11.8 Å². The van der Waals surface area contributed by atoms with E-state index >= 15 is 0 Å². The van der Waals surface area contributed by atoms with Crippen LogP contribution >= 0.6 is 47.8 Å². The van der Waals surface area contributed by atoms with Gasteiger partial charge in [-0.1, -0.05) is 47.8 Å². The molecule has 0 unspecified atom stereocenters. The van der Waals surface area contributed by atoms with Crippen LogP contribution < -0.4 is 5.32 Å². The Balaban J connectivity index is 1.37. The number of nitrogens with zero attached hydrogens (tertiary/aromatic N) is 1. The maximum absolute atomic E-state index is 13.0. The van der Waals surface area contributed by atoms with Crippen LogP contribution in [0, 0.1) is 37.5 Å². The third-order valence-corrected chi connectivity index (χ3v) is 11.2. The van der Waals surface area contributed by atoms with Gasteiger partial charge in [0, 0.05) is 19.8 Å². The number of rotatable bonds is 5. The van der Waals surface area contributed by atoms with Crippen molar-refractivity contribution >= 4 is 77.2 Å². The number of hydrogen-bond donors (Lipinski definition) is 1. The Morgan fingerprint density at radius 2 is 1.66 bits per heavy atom. The van der Waals surface area contributed by atoms with Gasteiger partial charge in [-0.05, 0) is 62.3 Å². The van der Waals surface area contributed by atoms with E-state index in [0.717, 1.165) is 26.9 Å². The van der Waals surface area contributed by atoms with Crippen LogP contribution in [0.3, 0.4) is 0 Å². The van der Waals surface area contributed by atoms with Crippen molar-refractivity contribution in [2.45, 2.75) is 42.9 Å². The number of halogens is 3. The van der Waals surface area contributed by atoms with Crippen molar-refractivity contribution in [3.63, 3.8) is 0 Å². The molecule has 1 aromatic rings. The summed E-state index contributed by atoms with van der Waals surface area (Å²) >= 11 is 10.7. The number of esters is 1. The Hall–Kier alpha value is -1.26. The molecule has 0 radical (unpaired) electrons. The summed E-state index contributed by atoms with van der Waals surface area (Å²) in [7, 11) is 0. The minimum atomic E-state index is -1.08. The number of amides is 3. The minimum absolute atomic E-state index is 0.0717. The van der Waals surface area contributed by atoms with Crippen LogP contribution in [0.2, 0.25) is 0 Å². The van der Waals surface area contributed by atoms with Gasteiger partial charge >= 0.3 is 5.97 Å². The molecular formula is C22H23Br3N2O5. The largest absolute Gasteiger partial charge is 0.454 e. The fraction of sp³-hybridized carbons (Fsp3) is 0.545. The molecule has 1 aromatic carbocycles. The van der Waals surface area contributed by atoms with E-state index < -0.39 is 36.4 Å². The first-order valence-electron chi connectivity index (χ1n) is 10.4. The van der Waals surface area contributed by atoms with Gasteiger partial charge in [0.2, 0.25) is 11.8 Å². The van der Waals surface area contributed by atoms with E-state index in [-0.39, 0.29) is 33.3 Å². The lowest BCUT2D eigenvalue weighted by molar-refractivity contribution is -0.159. The molecule has 1 N–H and O–H groups in total. The quantitative estimate of drug-likeness (QED) is 0.303. The van der Waals surface area contributed by atoms with Crippen molar-refractivity contribution in [2.75, 3.05) is 11.9 Å². The normalized spacial score (nSPS) is 31.6. The van der Waals surface area contributed by atoms with Crippen LogP contribution in [0.1, 0.15) is 24.5 Å². The number of imide groups is 1. The number of fused-ring (bicyclic) bond motifs is 5. The highest BCUT2D eigenvalue weighted by atomic mass is 79.9. The molecule has 0 aromatic heterocycles. The van der Waals surface area contributed by atoms with Crippen molar-refractivity contribution in [1.29, 1.82) is 0 Å². The lowest BCUT2D eigenvalue weighted by Crippen LogP contribution is -2.45. The molecule has 3 aliphatic rings. The molecule has 1 saturated heterocycles. The molecule has 7 nitrogen and oxygen atoms in total. The van der Waals surface area contributed by atoms with Crippen molar-refractivity contribution in [3.8, 4) is 0 Å². The van der Waals surface area contributed by atoms with Gasteiger partial charge in [0.1, 0.15) is 6.04 Å². The minimum Gasteiger partial charge on any atom is -0.454 e. The first kappa shape index (κ1) is 23.9. The number of alkyl halides is 2. The Morgan fingerprint density at radius 1 is 1.09 bits per heavy atom. The zero-order valence-electron chi connectivity index (χ0n) is 17.7. The van der Waals surface area contributed by atoms with Crippen molar-refractivity contribution in [1.82, 2.24) is 4.90 Å². The lowest BCUT2D eigenvalue weighted by Gasteiger charge is -2.28. The second-order valence-corrected chi connectivity index (χ2v) is 11.7. The second kappa shape index (κ2) is 8.83. The highest BCUT2D eigenvalue weighted by Crippen LogP contribution is 2.60. The fourth-order valence-electron chi connectivity index (χ4n) is 5.23. The Kier molecular flexibility index (Phi) is 6.59. The van der Waals surface area contributed by atoms with Gasteiger partial charge in [0.25, 0.3) is 5.91 Å². The van der Waals surface area contributed by atoms with E-state index in [9.17, 15) is 19.2 Å². The van der Waals surface area contributed by atoms with Crippen LogP contribution in [0.5, 0.6) is 0 Å². The maximum Gasteiger partial charge on any atom is 0.329 e. The Labute approximate surface area is 211 Å². The van der Waals surface area contributed by atoms with Crippen LogP contribution in [-0.2, 0) is 23.9 Å². The SMILES string of the molecule is Cc1c(Br)ccc(NC(=O)COC(=O)[C@H](C)N2C(=O)[C@@H]3[C@H]4C[C@@H]([C@H](Br)[C@H]4Br)[C@@H]3C2=O)c1C. The predicted molar refractivity (Wildman–Crippen MR) is 129 cm³/mol. The number of anilines is 1. The topological polar surface area (TPSA) is 92.8 Å².